The van der Waals surface area contributed by atoms with Crippen LogP contribution >= 0.6 is 24.0 Å². The smallest absolute Gasteiger partial charge is 0.191 e. The highest BCUT2D eigenvalue weighted by atomic mass is 127. The van der Waals surface area contributed by atoms with Crippen LogP contribution in [0.25, 0.3) is 0 Å². The maximum atomic E-state index is 5.07. The Hall–Kier alpha value is -0.930. The first-order valence-electron chi connectivity index (χ1n) is 8.34. The maximum Gasteiger partial charge on any atom is 0.191 e. The van der Waals surface area contributed by atoms with E-state index >= 15 is 0 Å². The molecule has 2 N–H and O–H groups in total. The summed E-state index contributed by atoms with van der Waals surface area (Å²) < 4.78 is 5.07. The summed E-state index contributed by atoms with van der Waals surface area (Å²) in [5.41, 5.74) is 1.23. The fourth-order valence-corrected chi connectivity index (χ4v) is 2.14. The molecule has 0 aromatic carbocycles. The molecule has 0 radical (unpaired) electrons. The Balaban J connectivity index is 0.00000529. The van der Waals surface area contributed by atoms with E-state index in [0.29, 0.717) is 0 Å². The number of methoxy groups -OCH3 is 1. The molecule has 7 heteroatoms. The molecule has 1 rings (SSSR count). The Morgan fingerprint density at radius 3 is 2.83 bits per heavy atom. The van der Waals surface area contributed by atoms with Crippen molar-refractivity contribution in [2.24, 2.45) is 4.99 Å². The van der Waals surface area contributed by atoms with Gasteiger partial charge in [0.05, 0.1) is 6.54 Å². The molecule has 0 unspecified atom stereocenters. The molecule has 1 heterocycles. The molecular weight excluding hydrogens is 417 g/mol. The fraction of sp³-hybridized carbons (Fsp3) is 0.647. The molecule has 0 saturated carbocycles. The number of nitrogens with one attached hydrogen (secondary N) is 2. The van der Waals surface area contributed by atoms with Gasteiger partial charge in [-0.3, -0.25) is 9.98 Å². The van der Waals surface area contributed by atoms with E-state index in [9.17, 15) is 0 Å². The molecule has 24 heavy (non-hydrogen) atoms. The van der Waals surface area contributed by atoms with Gasteiger partial charge in [-0.15, -0.1) is 24.0 Å². The molecule has 0 aliphatic carbocycles. The minimum absolute atomic E-state index is 0. The van der Waals surface area contributed by atoms with Crippen LogP contribution in [0.2, 0.25) is 0 Å². The number of guanidine groups is 1. The average molecular weight is 449 g/mol. The quantitative estimate of drug-likeness (QED) is 0.233. The van der Waals surface area contributed by atoms with E-state index in [1.54, 1.807) is 13.3 Å². The van der Waals surface area contributed by atoms with E-state index in [1.165, 1.54) is 5.56 Å². The van der Waals surface area contributed by atoms with Crippen molar-refractivity contribution < 1.29 is 4.74 Å². The van der Waals surface area contributed by atoms with Crippen LogP contribution in [0, 0.1) is 0 Å². The molecular formula is C17H32IN5O. The van der Waals surface area contributed by atoms with Crippen molar-refractivity contribution in [1.82, 2.24) is 20.5 Å². The van der Waals surface area contributed by atoms with Gasteiger partial charge in [0.2, 0.25) is 0 Å². The van der Waals surface area contributed by atoms with Crippen molar-refractivity contribution in [3.63, 3.8) is 0 Å². The third-order valence-electron chi connectivity index (χ3n) is 3.41. The van der Waals surface area contributed by atoms with Crippen molar-refractivity contribution in [3.05, 3.63) is 30.1 Å². The predicted octanol–water partition coefficient (Wildman–Crippen LogP) is 1.77. The summed E-state index contributed by atoms with van der Waals surface area (Å²) >= 11 is 0. The minimum Gasteiger partial charge on any atom is -0.385 e. The number of ether oxygens (including phenoxy) is 1. The van der Waals surface area contributed by atoms with Gasteiger partial charge in [0, 0.05) is 52.3 Å². The number of pyridine rings is 1. The Bertz CT molecular complexity index is 430. The van der Waals surface area contributed by atoms with Gasteiger partial charge < -0.3 is 20.3 Å². The third kappa shape index (κ3) is 11.6. The summed E-state index contributed by atoms with van der Waals surface area (Å²) in [4.78, 5) is 11.0. The van der Waals surface area contributed by atoms with E-state index < -0.39 is 0 Å². The molecule has 0 fully saturated rings. The normalized spacial score (nSPS) is 11.2. The first kappa shape index (κ1) is 23.1. The highest BCUT2D eigenvalue weighted by Gasteiger charge is 2.00. The number of aromatic nitrogens is 1. The van der Waals surface area contributed by atoms with Crippen LogP contribution in [0.3, 0.4) is 0 Å². The lowest BCUT2D eigenvalue weighted by molar-refractivity contribution is 0.180. The van der Waals surface area contributed by atoms with Gasteiger partial charge >= 0.3 is 0 Å². The number of hydrogen-bond acceptors (Lipinski definition) is 4. The van der Waals surface area contributed by atoms with Crippen molar-refractivity contribution >= 4 is 29.9 Å². The van der Waals surface area contributed by atoms with Gasteiger partial charge in [-0.05, 0) is 38.4 Å². The van der Waals surface area contributed by atoms with Gasteiger partial charge in [0.25, 0.3) is 0 Å². The summed E-state index contributed by atoms with van der Waals surface area (Å²) in [6.45, 7) is 7.37. The molecule has 0 spiro atoms. The van der Waals surface area contributed by atoms with Crippen molar-refractivity contribution in [2.75, 3.05) is 53.5 Å². The van der Waals surface area contributed by atoms with Crippen molar-refractivity contribution in [1.29, 1.82) is 0 Å². The predicted molar refractivity (Wildman–Crippen MR) is 111 cm³/mol. The summed E-state index contributed by atoms with van der Waals surface area (Å²) in [5, 5.41) is 6.65. The third-order valence-corrected chi connectivity index (χ3v) is 3.41. The largest absolute Gasteiger partial charge is 0.385 e. The average Bonchev–Trinajstić information content (AvgIpc) is 2.56. The molecule has 0 atom stereocenters. The van der Waals surface area contributed by atoms with Crippen LogP contribution < -0.4 is 10.6 Å². The number of likely N-dealkylation sites (N-methyl/N-ethyl adjacent to an activating group) is 1. The second-order valence-corrected chi connectivity index (χ2v) is 5.45. The Morgan fingerprint density at radius 2 is 2.17 bits per heavy atom. The molecule has 0 aliphatic heterocycles. The summed E-state index contributed by atoms with van der Waals surface area (Å²) in [5.74, 6) is 0.877. The first-order chi connectivity index (χ1) is 11.3. The van der Waals surface area contributed by atoms with Gasteiger partial charge in [-0.1, -0.05) is 6.07 Å². The van der Waals surface area contributed by atoms with Gasteiger partial charge in [0.1, 0.15) is 0 Å². The molecule has 0 amide bonds. The molecule has 1 aromatic rings. The van der Waals surface area contributed by atoms with E-state index in [0.717, 1.165) is 58.1 Å². The highest BCUT2D eigenvalue weighted by Crippen LogP contribution is 1.95. The van der Waals surface area contributed by atoms with E-state index in [4.69, 9.17) is 4.74 Å². The SMILES string of the molecule is CCNC(=NCCN(C)CCCOC)NCCc1cccnc1.I. The van der Waals surface area contributed by atoms with Crippen LogP contribution in [0.4, 0.5) is 0 Å². The van der Waals surface area contributed by atoms with Gasteiger partial charge in [0.15, 0.2) is 5.96 Å². The minimum atomic E-state index is 0. The van der Waals surface area contributed by atoms with Crippen LogP contribution in [0.15, 0.2) is 29.5 Å². The fourth-order valence-electron chi connectivity index (χ4n) is 2.14. The van der Waals surface area contributed by atoms with Crippen LogP contribution in [-0.4, -0.2) is 69.3 Å². The lowest BCUT2D eigenvalue weighted by Gasteiger charge is -2.16. The number of aliphatic imine (C=N–C) groups is 1. The zero-order chi connectivity index (χ0) is 16.8. The molecule has 6 nitrogen and oxygen atoms in total. The van der Waals surface area contributed by atoms with Gasteiger partial charge in [-0.25, -0.2) is 0 Å². The lowest BCUT2D eigenvalue weighted by Crippen LogP contribution is -2.39. The lowest BCUT2D eigenvalue weighted by atomic mass is 10.2. The number of nitrogens with zero attached hydrogens (tertiary/aromatic N) is 3. The van der Waals surface area contributed by atoms with Gasteiger partial charge in [-0.2, -0.15) is 0 Å². The second kappa shape index (κ2) is 15.6. The first-order valence-corrected chi connectivity index (χ1v) is 8.34. The summed E-state index contributed by atoms with van der Waals surface area (Å²) in [6.07, 6.45) is 5.70. The molecule has 1 aromatic heterocycles. The molecule has 0 saturated heterocycles. The summed E-state index contributed by atoms with van der Waals surface area (Å²) in [7, 11) is 3.86. The monoisotopic (exact) mass is 449 g/mol. The zero-order valence-corrected chi connectivity index (χ0v) is 17.5. The summed E-state index contributed by atoms with van der Waals surface area (Å²) in [6, 6.07) is 4.06. The van der Waals surface area contributed by atoms with Crippen LogP contribution in [-0.2, 0) is 11.2 Å². The van der Waals surface area contributed by atoms with Crippen molar-refractivity contribution in [3.8, 4) is 0 Å². The standard InChI is InChI=1S/C17H31N5O.HI/c1-4-19-17(20-10-8-16-7-5-9-18-15-16)21-11-13-22(2)12-6-14-23-3;/h5,7,9,15H,4,6,8,10-14H2,1-3H3,(H2,19,20,21);1H. The molecule has 0 aliphatic rings. The van der Waals surface area contributed by atoms with Crippen LogP contribution in [0.5, 0.6) is 0 Å². The topological polar surface area (TPSA) is 61.8 Å². The van der Waals surface area contributed by atoms with Crippen LogP contribution in [0.1, 0.15) is 18.9 Å². The van der Waals surface area contributed by atoms with E-state index in [-0.39, 0.29) is 24.0 Å². The zero-order valence-electron chi connectivity index (χ0n) is 15.1. The number of hydrogen-bond donors (Lipinski definition) is 2. The maximum absolute atomic E-state index is 5.07. The Labute approximate surface area is 163 Å². The highest BCUT2D eigenvalue weighted by molar-refractivity contribution is 14.0. The van der Waals surface area contributed by atoms with Crippen molar-refractivity contribution in [2.45, 2.75) is 19.8 Å². The number of rotatable bonds is 11. The van der Waals surface area contributed by atoms with E-state index in [1.807, 2.05) is 12.3 Å². The number of halogens is 1. The Kier molecular flexibility index (Phi) is 15.0. The molecule has 0 bridgehead atoms. The second-order valence-electron chi connectivity index (χ2n) is 5.45. The molecule has 138 valence electrons. The Morgan fingerprint density at radius 1 is 1.33 bits per heavy atom. The van der Waals surface area contributed by atoms with E-state index in [2.05, 4.69) is 45.5 Å².